The molecular weight excluding hydrogens is 192 g/mol. The summed E-state index contributed by atoms with van der Waals surface area (Å²) in [5, 5.41) is 2.03. The van der Waals surface area contributed by atoms with Crippen molar-refractivity contribution in [3.8, 4) is 0 Å². The van der Waals surface area contributed by atoms with Crippen molar-refractivity contribution in [1.29, 1.82) is 0 Å². The molecule has 3 heteroatoms. The molecule has 0 saturated carbocycles. The van der Waals surface area contributed by atoms with Gasteiger partial charge in [0.05, 0.1) is 5.69 Å². The fourth-order valence-corrected chi connectivity index (χ4v) is 1.69. The van der Waals surface area contributed by atoms with Crippen molar-refractivity contribution in [3.63, 3.8) is 0 Å². The Kier molecular flexibility index (Phi) is 2.60. The van der Waals surface area contributed by atoms with Crippen molar-refractivity contribution in [2.24, 2.45) is 4.99 Å². The maximum atomic E-state index is 5.64. The van der Waals surface area contributed by atoms with Gasteiger partial charge in [-0.15, -0.1) is 11.3 Å². The summed E-state index contributed by atoms with van der Waals surface area (Å²) in [6, 6.07) is 11.6. The van der Waals surface area contributed by atoms with E-state index in [1.54, 1.807) is 11.3 Å². The van der Waals surface area contributed by atoms with Crippen molar-refractivity contribution in [3.05, 3.63) is 46.7 Å². The minimum atomic E-state index is 0.742. The molecule has 14 heavy (non-hydrogen) atoms. The molecule has 0 atom stereocenters. The van der Waals surface area contributed by atoms with Gasteiger partial charge in [0.1, 0.15) is 0 Å². The summed E-state index contributed by atoms with van der Waals surface area (Å²) in [6.45, 7) is 0. The second-order valence-electron chi connectivity index (χ2n) is 2.87. The number of nitrogens with zero attached hydrogens (tertiary/aromatic N) is 1. The van der Waals surface area contributed by atoms with E-state index in [-0.39, 0.29) is 0 Å². The first-order valence-corrected chi connectivity index (χ1v) is 5.16. The standard InChI is InChI=1S/C11H10N2S/c12-9-3-1-4-10(7-9)13-8-11-5-2-6-14-11/h1-8H,12H2. The molecule has 1 heterocycles. The molecule has 2 N–H and O–H groups in total. The second kappa shape index (κ2) is 4.07. The fraction of sp³-hybridized carbons (Fsp3) is 0. The Labute approximate surface area is 86.7 Å². The van der Waals surface area contributed by atoms with Crippen LogP contribution < -0.4 is 5.73 Å². The van der Waals surface area contributed by atoms with Crippen LogP contribution in [0.2, 0.25) is 0 Å². The van der Waals surface area contributed by atoms with Gasteiger partial charge in [-0.25, -0.2) is 0 Å². The van der Waals surface area contributed by atoms with E-state index in [1.165, 1.54) is 0 Å². The first-order valence-electron chi connectivity index (χ1n) is 4.28. The van der Waals surface area contributed by atoms with Gasteiger partial charge in [-0.05, 0) is 29.6 Å². The Morgan fingerprint density at radius 3 is 2.86 bits per heavy atom. The van der Waals surface area contributed by atoms with E-state index in [2.05, 4.69) is 4.99 Å². The number of anilines is 1. The summed E-state index contributed by atoms with van der Waals surface area (Å²) in [6.07, 6.45) is 1.85. The van der Waals surface area contributed by atoms with Gasteiger partial charge in [-0.1, -0.05) is 12.1 Å². The van der Waals surface area contributed by atoms with Crippen LogP contribution in [-0.4, -0.2) is 6.21 Å². The number of aliphatic imine (C=N–C) groups is 1. The van der Waals surface area contributed by atoms with E-state index in [9.17, 15) is 0 Å². The molecule has 2 aromatic rings. The zero-order valence-corrected chi connectivity index (χ0v) is 8.37. The minimum absolute atomic E-state index is 0.742. The molecule has 0 amide bonds. The zero-order valence-electron chi connectivity index (χ0n) is 7.55. The van der Waals surface area contributed by atoms with E-state index in [4.69, 9.17) is 5.73 Å². The molecule has 1 aromatic carbocycles. The van der Waals surface area contributed by atoms with Gasteiger partial charge in [-0.3, -0.25) is 4.99 Å². The number of thiophene rings is 1. The largest absolute Gasteiger partial charge is 0.399 e. The number of hydrogen-bond donors (Lipinski definition) is 1. The molecule has 1 aromatic heterocycles. The average Bonchev–Trinajstić information content (AvgIpc) is 2.67. The Morgan fingerprint density at radius 2 is 2.14 bits per heavy atom. The molecule has 2 rings (SSSR count). The van der Waals surface area contributed by atoms with Crippen molar-refractivity contribution in [1.82, 2.24) is 0 Å². The van der Waals surface area contributed by atoms with Crippen molar-refractivity contribution in [2.75, 3.05) is 5.73 Å². The maximum Gasteiger partial charge on any atom is 0.0650 e. The molecule has 0 spiro atoms. The van der Waals surface area contributed by atoms with Gasteiger partial charge in [0, 0.05) is 16.8 Å². The second-order valence-corrected chi connectivity index (χ2v) is 3.85. The van der Waals surface area contributed by atoms with Crippen LogP contribution >= 0.6 is 11.3 Å². The Morgan fingerprint density at radius 1 is 1.21 bits per heavy atom. The molecule has 0 aliphatic carbocycles. The minimum Gasteiger partial charge on any atom is -0.399 e. The molecular formula is C11H10N2S. The van der Waals surface area contributed by atoms with Gasteiger partial charge < -0.3 is 5.73 Å². The van der Waals surface area contributed by atoms with Crippen molar-refractivity contribution >= 4 is 28.9 Å². The predicted octanol–water partition coefficient (Wildman–Crippen LogP) is 3.08. The Hall–Kier alpha value is -1.61. The van der Waals surface area contributed by atoms with Crippen LogP contribution in [0.15, 0.2) is 46.8 Å². The van der Waals surface area contributed by atoms with E-state index < -0.39 is 0 Å². The van der Waals surface area contributed by atoms with Crippen molar-refractivity contribution in [2.45, 2.75) is 0 Å². The quantitative estimate of drug-likeness (QED) is 0.590. The SMILES string of the molecule is Nc1cccc(N=Cc2cccs2)c1. The van der Waals surface area contributed by atoms with E-state index in [0.29, 0.717) is 0 Å². The molecule has 0 aliphatic heterocycles. The normalized spacial score (nSPS) is 10.9. The van der Waals surface area contributed by atoms with Gasteiger partial charge in [-0.2, -0.15) is 0 Å². The molecule has 0 fully saturated rings. The van der Waals surface area contributed by atoms with Crippen LogP contribution in [0.4, 0.5) is 11.4 Å². The van der Waals surface area contributed by atoms with Crippen LogP contribution in [0.1, 0.15) is 4.88 Å². The number of hydrogen-bond acceptors (Lipinski definition) is 3. The molecule has 0 unspecified atom stereocenters. The summed E-state index contributed by atoms with van der Waals surface area (Å²) in [5.41, 5.74) is 7.27. The van der Waals surface area contributed by atoms with Crippen LogP contribution in [0.5, 0.6) is 0 Å². The maximum absolute atomic E-state index is 5.64. The topological polar surface area (TPSA) is 38.4 Å². The molecule has 70 valence electrons. The molecule has 0 radical (unpaired) electrons. The highest BCUT2D eigenvalue weighted by molar-refractivity contribution is 7.11. The Balaban J connectivity index is 2.18. The highest BCUT2D eigenvalue weighted by Gasteiger charge is 1.90. The van der Waals surface area contributed by atoms with E-state index in [1.807, 2.05) is 48.0 Å². The number of nitrogens with two attached hydrogens (primary N) is 1. The average molecular weight is 202 g/mol. The predicted molar refractivity (Wildman–Crippen MR) is 62.4 cm³/mol. The zero-order chi connectivity index (χ0) is 9.80. The van der Waals surface area contributed by atoms with E-state index >= 15 is 0 Å². The van der Waals surface area contributed by atoms with Gasteiger partial charge in [0.15, 0.2) is 0 Å². The third-order valence-electron chi connectivity index (χ3n) is 1.75. The lowest BCUT2D eigenvalue weighted by Gasteiger charge is -1.94. The van der Waals surface area contributed by atoms with Gasteiger partial charge in [0.25, 0.3) is 0 Å². The van der Waals surface area contributed by atoms with Gasteiger partial charge >= 0.3 is 0 Å². The summed E-state index contributed by atoms with van der Waals surface area (Å²) >= 11 is 1.67. The molecule has 2 nitrogen and oxygen atoms in total. The summed E-state index contributed by atoms with van der Waals surface area (Å²) in [4.78, 5) is 5.46. The monoisotopic (exact) mass is 202 g/mol. The lowest BCUT2D eigenvalue weighted by molar-refractivity contribution is 1.54. The summed E-state index contributed by atoms with van der Waals surface area (Å²) < 4.78 is 0. The van der Waals surface area contributed by atoms with Crippen LogP contribution in [-0.2, 0) is 0 Å². The first kappa shape index (κ1) is 8.97. The van der Waals surface area contributed by atoms with E-state index in [0.717, 1.165) is 16.3 Å². The van der Waals surface area contributed by atoms with Crippen LogP contribution in [0, 0.1) is 0 Å². The first-order chi connectivity index (χ1) is 6.84. The third-order valence-corrected chi connectivity index (χ3v) is 2.56. The Bertz CT molecular complexity index is 432. The molecule has 0 aliphatic rings. The smallest absolute Gasteiger partial charge is 0.0650 e. The lowest BCUT2D eigenvalue weighted by Crippen LogP contribution is -1.81. The number of nitrogen functional groups attached to an aromatic ring is 1. The number of benzene rings is 1. The number of rotatable bonds is 2. The van der Waals surface area contributed by atoms with Crippen LogP contribution in [0.3, 0.4) is 0 Å². The lowest BCUT2D eigenvalue weighted by atomic mass is 10.3. The van der Waals surface area contributed by atoms with Crippen LogP contribution in [0.25, 0.3) is 0 Å². The van der Waals surface area contributed by atoms with Crippen molar-refractivity contribution < 1.29 is 0 Å². The fourth-order valence-electron chi connectivity index (χ4n) is 1.11. The summed E-state index contributed by atoms with van der Waals surface area (Å²) in [5.74, 6) is 0. The third kappa shape index (κ3) is 2.20. The highest BCUT2D eigenvalue weighted by Crippen LogP contribution is 2.15. The molecule has 0 bridgehead atoms. The summed E-state index contributed by atoms with van der Waals surface area (Å²) in [7, 11) is 0. The van der Waals surface area contributed by atoms with Gasteiger partial charge in [0.2, 0.25) is 0 Å². The molecule has 0 saturated heterocycles. The highest BCUT2D eigenvalue weighted by atomic mass is 32.1.